The third-order valence-electron chi connectivity index (χ3n) is 3.55. The van der Waals surface area contributed by atoms with E-state index in [1.54, 1.807) is 25.3 Å². The molecule has 0 bridgehead atoms. The molecule has 0 radical (unpaired) electrons. The second kappa shape index (κ2) is 6.79. The van der Waals surface area contributed by atoms with Gasteiger partial charge in [0.05, 0.1) is 19.6 Å². The highest BCUT2D eigenvalue weighted by Gasteiger charge is 2.34. The summed E-state index contributed by atoms with van der Waals surface area (Å²) in [6.07, 6.45) is 1.14. The molecule has 1 aliphatic rings. The minimum Gasteiger partial charge on any atom is -0.497 e. The number of hydrogen-bond acceptors (Lipinski definition) is 4. The van der Waals surface area contributed by atoms with Crippen LogP contribution in [-0.2, 0) is 16.0 Å². The minimum absolute atomic E-state index is 0.132. The molecule has 1 aliphatic heterocycles. The fraction of sp³-hybridized carbons (Fsp3) is 0.467. The summed E-state index contributed by atoms with van der Waals surface area (Å²) >= 11 is 6.12. The van der Waals surface area contributed by atoms with Gasteiger partial charge in [0.2, 0.25) is 5.91 Å². The minimum atomic E-state index is -0.825. The zero-order valence-electron chi connectivity index (χ0n) is 11.8. The van der Waals surface area contributed by atoms with Crippen LogP contribution in [0.4, 0.5) is 0 Å². The van der Waals surface area contributed by atoms with E-state index in [2.05, 4.69) is 11.4 Å². The predicted octanol–water partition coefficient (Wildman–Crippen LogP) is 2.08. The number of rotatable bonds is 4. The lowest BCUT2D eigenvalue weighted by Crippen LogP contribution is -2.51. The van der Waals surface area contributed by atoms with Gasteiger partial charge in [-0.2, -0.15) is 5.26 Å². The van der Waals surface area contributed by atoms with Gasteiger partial charge >= 0.3 is 0 Å². The average molecular weight is 309 g/mol. The van der Waals surface area contributed by atoms with Crippen LogP contribution in [0.15, 0.2) is 18.2 Å². The molecule has 0 unspecified atom stereocenters. The van der Waals surface area contributed by atoms with Crippen LogP contribution in [0, 0.1) is 11.3 Å². The largest absolute Gasteiger partial charge is 0.497 e. The van der Waals surface area contributed by atoms with Gasteiger partial charge in [-0.05, 0) is 17.7 Å². The molecule has 6 heteroatoms. The Kier molecular flexibility index (Phi) is 5.05. The third kappa shape index (κ3) is 3.87. The SMILES string of the molecule is COc1ccc(CC(=O)NC2(C#N)CCOCC2)c(Cl)c1. The van der Waals surface area contributed by atoms with E-state index in [1.807, 2.05) is 0 Å². The molecule has 0 spiro atoms. The van der Waals surface area contributed by atoms with Crippen molar-refractivity contribution in [2.45, 2.75) is 24.8 Å². The molecule has 21 heavy (non-hydrogen) atoms. The second-order valence-corrected chi connectivity index (χ2v) is 5.40. The van der Waals surface area contributed by atoms with Crippen molar-refractivity contribution in [2.75, 3.05) is 20.3 Å². The summed E-state index contributed by atoms with van der Waals surface area (Å²) in [6, 6.07) is 7.37. The summed E-state index contributed by atoms with van der Waals surface area (Å²) in [5.74, 6) is 0.424. The third-order valence-corrected chi connectivity index (χ3v) is 3.90. The predicted molar refractivity (Wildman–Crippen MR) is 78.2 cm³/mol. The number of carbonyl (C=O) groups excluding carboxylic acids is 1. The maximum Gasteiger partial charge on any atom is 0.225 e. The fourth-order valence-corrected chi connectivity index (χ4v) is 2.50. The maximum atomic E-state index is 12.2. The quantitative estimate of drug-likeness (QED) is 0.924. The monoisotopic (exact) mass is 308 g/mol. The first-order chi connectivity index (χ1) is 10.1. The van der Waals surface area contributed by atoms with E-state index in [4.69, 9.17) is 21.1 Å². The van der Waals surface area contributed by atoms with Crippen molar-refractivity contribution in [1.29, 1.82) is 5.26 Å². The van der Waals surface area contributed by atoms with Crippen LogP contribution >= 0.6 is 11.6 Å². The Hall–Kier alpha value is -1.77. The van der Waals surface area contributed by atoms with Crippen molar-refractivity contribution in [3.63, 3.8) is 0 Å². The lowest BCUT2D eigenvalue weighted by molar-refractivity contribution is -0.122. The van der Waals surface area contributed by atoms with Gasteiger partial charge in [0.15, 0.2) is 0 Å². The number of halogens is 1. The smallest absolute Gasteiger partial charge is 0.225 e. The van der Waals surface area contributed by atoms with E-state index in [1.165, 1.54) is 0 Å². The highest BCUT2D eigenvalue weighted by molar-refractivity contribution is 6.31. The summed E-state index contributed by atoms with van der Waals surface area (Å²) in [5, 5.41) is 12.6. The van der Waals surface area contributed by atoms with Crippen molar-refractivity contribution in [1.82, 2.24) is 5.32 Å². The summed E-state index contributed by atoms with van der Waals surface area (Å²) in [4.78, 5) is 12.2. The molecule has 1 saturated heterocycles. The number of methoxy groups -OCH3 is 1. The lowest BCUT2D eigenvalue weighted by Gasteiger charge is -2.31. The fourth-order valence-electron chi connectivity index (χ4n) is 2.27. The van der Waals surface area contributed by atoms with Crippen LogP contribution in [0.3, 0.4) is 0 Å². The molecule has 2 rings (SSSR count). The lowest BCUT2D eigenvalue weighted by atomic mass is 9.91. The van der Waals surface area contributed by atoms with Crippen molar-refractivity contribution in [3.05, 3.63) is 28.8 Å². The topological polar surface area (TPSA) is 71.3 Å². The van der Waals surface area contributed by atoms with Crippen molar-refractivity contribution in [2.24, 2.45) is 0 Å². The Labute approximate surface area is 128 Å². The number of nitrogens with one attached hydrogen (secondary N) is 1. The molecule has 1 heterocycles. The molecule has 1 fully saturated rings. The summed E-state index contributed by atoms with van der Waals surface area (Å²) in [5.41, 5.74) is -0.121. The molecular formula is C15H17ClN2O3. The molecule has 1 amide bonds. The number of hydrogen-bond donors (Lipinski definition) is 1. The number of amides is 1. The van der Waals surface area contributed by atoms with E-state index in [0.29, 0.717) is 42.4 Å². The van der Waals surface area contributed by atoms with Crippen LogP contribution in [-0.4, -0.2) is 31.8 Å². The Balaban J connectivity index is 2.03. The maximum absolute atomic E-state index is 12.2. The molecule has 0 aliphatic carbocycles. The number of carbonyl (C=O) groups is 1. The zero-order valence-corrected chi connectivity index (χ0v) is 12.6. The van der Waals surface area contributed by atoms with Crippen LogP contribution in [0.25, 0.3) is 0 Å². The van der Waals surface area contributed by atoms with E-state index in [-0.39, 0.29) is 12.3 Å². The number of nitriles is 1. The van der Waals surface area contributed by atoms with Crippen LogP contribution < -0.4 is 10.1 Å². The molecule has 5 nitrogen and oxygen atoms in total. The Morgan fingerprint density at radius 1 is 1.52 bits per heavy atom. The molecule has 0 saturated carbocycles. The summed E-state index contributed by atoms with van der Waals surface area (Å²) in [7, 11) is 1.56. The average Bonchev–Trinajstić information content (AvgIpc) is 2.50. The Bertz CT molecular complexity index is 563. The standard InChI is InChI=1S/C15H17ClN2O3/c1-20-12-3-2-11(13(16)9-12)8-14(19)18-15(10-17)4-6-21-7-5-15/h2-3,9H,4-8H2,1H3,(H,18,19). The van der Waals surface area contributed by atoms with E-state index >= 15 is 0 Å². The number of benzene rings is 1. The molecule has 1 aromatic rings. The Morgan fingerprint density at radius 3 is 2.81 bits per heavy atom. The van der Waals surface area contributed by atoms with Gasteiger partial charge in [-0.1, -0.05) is 17.7 Å². The highest BCUT2D eigenvalue weighted by atomic mass is 35.5. The first-order valence-corrected chi connectivity index (χ1v) is 7.09. The van der Waals surface area contributed by atoms with Gasteiger partial charge in [-0.25, -0.2) is 0 Å². The Morgan fingerprint density at radius 2 is 2.24 bits per heavy atom. The van der Waals surface area contributed by atoms with Crippen molar-refractivity contribution in [3.8, 4) is 11.8 Å². The van der Waals surface area contributed by atoms with E-state index < -0.39 is 5.54 Å². The summed E-state index contributed by atoms with van der Waals surface area (Å²) in [6.45, 7) is 0.967. The molecule has 1 N–H and O–H groups in total. The van der Waals surface area contributed by atoms with Gasteiger partial charge < -0.3 is 14.8 Å². The van der Waals surface area contributed by atoms with Crippen LogP contribution in [0.2, 0.25) is 5.02 Å². The normalized spacial score (nSPS) is 16.8. The molecule has 1 aromatic carbocycles. The molecular weight excluding hydrogens is 292 g/mol. The van der Waals surface area contributed by atoms with Gasteiger partial charge in [0, 0.05) is 31.1 Å². The van der Waals surface area contributed by atoms with E-state index in [9.17, 15) is 10.1 Å². The van der Waals surface area contributed by atoms with Crippen molar-refractivity contribution >= 4 is 17.5 Å². The van der Waals surface area contributed by atoms with Crippen LogP contribution in [0.5, 0.6) is 5.75 Å². The zero-order chi connectivity index (χ0) is 15.3. The molecule has 0 atom stereocenters. The van der Waals surface area contributed by atoms with Gasteiger partial charge in [0.1, 0.15) is 11.3 Å². The van der Waals surface area contributed by atoms with E-state index in [0.717, 1.165) is 0 Å². The van der Waals surface area contributed by atoms with Crippen LogP contribution in [0.1, 0.15) is 18.4 Å². The molecule has 112 valence electrons. The van der Waals surface area contributed by atoms with Gasteiger partial charge in [-0.15, -0.1) is 0 Å². The number of ether oxygens (including phenoxy) is 2. The van der Waals surface area contributed by atoms with Gasteiger partial charge in [0.25, 0.3) is 0 Å². The molecule has 0 aromatic heterocycles. The second-order valence-electron chi connectivity index (χ2n) is 4.99. The van der Waals surface area contributed by atoms with Gasteiger partial charge in [-0.3, -0.25) is 4.79 Å². The first-order valence-electron chi connectivity index (χ1n) is 6.71. The highest BCUT2D eigenvalue weighted by Crippen LogP contribution is 2.24. The first kappa shape index (κ1) is 15.6. The summed E-state index contributed by atoms with van der Waals surface area (Å²) < 4.78 is 10.3. The number of nitrogens with zero attached hydrogens (tertiary/aromatic N) is 1. The van der Waals surface area contributed by atoms with Crippen molar-refractivity contribution < 1.29 is 14.3 Å².